The second-order valence-electron chi connectivity index (χ2n) is 6.05. The fourth-order valence-corrected chi connectivity index (χ4v) is 3.09. The molecule has 2 heterocycles. The summed E-state index contributed by atoms with van der Waals surface area (Å²) in [6, 6.07) is 12.6. The van der Waals surface area contributed by atoms with Gasteiger partial charge < -0.3 is 4.90 Å². The quantitative estimate of drug-likeness (QED) is 0.865. The van der Waals surface area contributed by atoms with Crippen LogP contribution in [0.15, 0.2) is 48.8 Å². The summed E-state index contributed by atoms with van der Waals surface area (Å²) in [7, 11) is 0. The first-order valence-corrected chi connectivity index (χ1v) is 8.03. The van der Waals surface area contributed by atoms with Gasteiger partial charge in [-0.25, -0.2) is 0 Å². The standard InChI is InChI=1S/C19H22N2O/c1-15-5-2-3-12-21(15)19(22)13-16-7-9-17(10-8-16)18-6-4-11-20-14-18/h4,6-11,14-15H,2-3,5,12-13H2,1H3/t15-/m1/s1. The molecule has 0 saturated carbocycles. The molecule has 0 unspecified atom stereocenters. The fourth-order valence-electron chi connectivity index (χ4n) is 3.09. The monoisotopic (exact) mass is 294 g/mol. The zero-order chi connectivity index (χ0) is 15.4. The Morgan fingerprint density at radius 3 is 2.68 bits per heavy atom. The average Bonchev–Trinajstić information content (AvgIpc) is 2.57. The van der Waals surface area contributed by atoms with Crippen LogP contribution in [-0.2, 0) is 11.2 Å². The molecule has 0 radical (unpaired) electrons. The normalized spacial score (nSPS) is 18.2. The molecule has 1 saturated heterocycles. The minimum Gasteiger partial charge on any atom is -0.340 e. The first-order valence-electron chi connectivity index (χ1n) is 8.03. The summed E-state index contributed by atoms with van der Waals surface area (Å²) in [5.74, 6) is 0.251. The van der Waals surface area contributed by atoms with Gasteiger partial charge in [0.2, 0.25) is 5.91 Å². The van der Waals surface area contributed by atoms with Gasteiger partial charge in [0.25, 0.3) is 0 Å². The van der Waals surface area contributed by atoms with Crippen LogP contribution in [0.1, 0.15) is 31.7 Å². The van der Waals surface area contributed by atoms with Crippen LogP contribution in [0.3, 0.4) is 0 Å². The topological polar surface area (TPSA) is 33.2 Å². The Hall–Kier alpha value is -2.16. The molecule has 1 aliphatic rings. The molecule has 0 bridgehead atoms. The summed E-state index contributed by atoms with van der Waals surface area (Å²) in [6.07, 6.45) is 7.63. The maximum atomic E-state index is 12.4. The lowest BCUT2D eigenvalue weighted by molar-refractivity contribution is -0.133. The third kappa shape index (κ3) is 3.35. The molecular formula is C19H22N2O. The van der Waals surface area contributed by atoms with E-state index in [4.69, 9.17) is 0 Å². The van der Waals surface area contributed by atoms with Crippen LogP contribution < -0.4 is 0 Å². The van der Waals surface area contributed by atoms with Crippen LogP contribution in [0.4, 0.5) is 0 Å². The van der Waals surface area contributed by atoms with Crippen molar-refractivity contribution >= 4 is 5.91 Å². The maximum absolute atomic E-state index is 12.4. The molecule has 114 valence electrons. The number of carbonyl (C=O) groups is 1. The number of pyridine rings is 1. The van der Waals surface area contributed by atoms with Crippen LogP contribution in [0, 0.1) is 0 Å². The lowest BCUT2D eigenvalue weighted by atomic mass is 10.0. The van der Waals surface area contributed by atoms with E-state index in [1.165, 1.54) is 6.42 Å². The third-order valence-corrected chi connectivity index (χ3v) is 4.43. The molecule has 1 amide bonds. The van der Waals surface area contributed by atoms with Gasteiger partial charge in [0.15, 0.2) is 0 Å². The van der Waals surface area contributed by atoms with Crippen molar-refractivity contribution in [3.8, 4) is 11.1 Å². The number of likely N-dealkylation sites (tertiary alicyclic amines) is 1. The number of hydrogen-bond donors (Lipinski definition) is 0. The number of benzene rings is 1. The molecule has 0 aliphatic carbocycles. The van der Waals surface area contributed by atoms with Gasteiger partial charge in [-0.15, -0.1) is 0 Å². The minimum absolute atomic E-state index is 0.251. The summed E-state index contributed by atoms with van der Waals surface area (Å²) in [5.41, 5.74) is 3.32. The summed E-state index contributed by atoms with van der Waals surface area (Å²) in [4.78, 5) is 18.6. The van der Waals surface area contributed by atoms with E-state index in [1.807, 2.05) is 23.2 Å². The van der Waals surface area contributed by atoms with E-state index < -0.39 is 0 Å². The molecule has 3 heteroatoms. The highest BCUT2D eigenvalue weighted by Gasteiger charge is 2.22. The van der Waals surface area contributed by atoms with Crippen molar-refractivity contribution in [1.29, 1.82) is 0 Å². The molecule has 1 atom stereocenters. The molecule has 1 aromatic carbocycles. The number of amides is 1. The van der Waals surface area contributed by atoms with Gasteiger partial charge in [0, 0.05) is 25.0 Å². The molecule has 1 fully saturated rings. The lowest BCUT2D eigenvalue weighted by Gasteiger charge is -2.33. The summed E-state index contributed by atoms with van der Waals surface area (Å²) in [6.45, 7) is 3.07. The van der Waals surface area contributed by atoms with E-state index in [9.17, 15) is 4.79 Å². The zero-order valence-corrected chi connectivity index (χ0v) is 13.0. The van der Waals surface area contributed by atoms with Gasteiger partial charge in [-0.1, -0.05) is 30.3 Å². The van der Waals surface area contributed by atoms with Gasteiger partial charge in [-0.2, -0.15) is 0 Å². The molecule has 1 aliphatic heterocycles. The zero-order valence-electron chi connectivity index (χ0n) is 13.0. The second-order valence-corrected chi connectivity index (χ2v) is 6.05. The molecule has 0 N–H and O–H groups in total. The Labute approximate surface area is 132 Å². The van der Waals surface area contributed by atoms with Crippen molar-refractivity contribution in [3.63, 3.8) is 0 Å². The highest BCUT2D eigenvalue weighted by Crippen LogP contribution is 2.20. The number of nitrogens with zero attached hydrogens (tertiary/aromatic N) is 2. The number of aromatic nitrogens is 1. The average molecular weight is 294 g/mol. The minimum atomic E-state index is 0.251. The van der Waals surface area contributed by atoms with Crippen LogP contribution in [0.5, 0.6) is 0 Å². The van der Waals surface area contributed by atoms with E-state index in [-0.39, 0.29) is 5.91 Å². The van der Waals surface area contributed by atoms with Gasteiger partial charge in [0.1, 0.15) is 0 Å². The smallest absolute Gasteiger partial charge is 0.227 e. The van der Waals surface area contributed by atoms with Crippen LogP contribution in [0.2, 0.25) is 0 Å². The van der Waals surface area contributed by atoms with E-state index >= 15 is 0 Å². The first-order chi connectivity index (χ1) is 10.7. The SMILES string of the molecule is C[C@@H]1CCCCN1C(=O)Cc1ccc(-c2cccnc2)cc1. The van der Waals surface area contributed by atoms with Crippen LogP contribution >= 0.6 is 0 Å². The van der Waals surface area contributed by atoms with Gasteiger partial charge in [0.05, 0.1) is 6.42 Å². The fraction of sp³-hybridized carbons (Fsp3) is 0.368. The number of hydrogen-bond acceptors (Lipinski definition) is 2. The molecule has 2 aromatic rings. The van der Waals surface area contributed by atoms with E-state index in [2.05, 4.69) is 36.2 Å². The highest BCUT2D eigenvalue weighted by atomic mass is 16.2. The Morgan fingerprint density at radius 2 is 2.00 bits per heavy atom. The third-order valence-electron chi connectivity index (χ3n) is 4.43. The van der Waals surface area contributed by atoms with Crippen molar-refractivity contribution in [2.45, 2.75) is 38.6 Å². The van der Waals surface area contributed by atoms with Crippen molar-refractivity contribution < 1.29 is 4.79 Å². The Morgan fingerprint density at radius 1 is 1.18 bits per heavy atom. The molecular weight excluding hydrogens is 272 g/mol. The molecule has 0 spiro atoms. The Balaban J connectivity index is 1.67. The Kier molecular flexibility index (Phi) is 4.52. The largest absolute Gasteiger partial charge is 0.340 e. The summed E-state index contributed by atoms with van der Waals surface area (Å²) >= 11 is 0. The predicted molar refractivity (Wildman–Crippen MR) is 88.4 cm³/mol. The van der Waals surface area contributed by atoms with Crippen molar-refractivity contribution in [2.75, 3.05) is 6.54 Å². The number of rotatable bonds is 3. The predicted octanol–water partition coefficient (Wildman–Crippen LogP) is 3.69. The molecule has 22 heavy (non-hydrogen) atoms. The Bertz CT molecular complexity index is 622. The second kappa shape index (κ2) is 6.73. The summed E-state index contributed by atoms with van der Waals surface area (Å²) in [5, 5.41) is 0. The van der Waals surface area contributed by atoms with Gasteiger partial charge >= 0.3 is 0 Å². The first kappa shape index (κ1) is 14.8. The van der Waals surface area contributed by atoms with Gasteiger partial charge in [-0.05, 0) is 48.9 Å². The van der Waals surface area contributed by atoms with Crippen LogP contribution in [-0.4, -0.2) is 28.4 Å². The van der Waals surface area contributed by atoms with Crippen molar-refractivity contribution in [2.24, 2.45) is 0 Å². The number of carbonyl (C=O) groups excluding carboxylic acids is 1. The van der Waals surface area contributed by atoms with Gasteiger partial charge in [-0.3, -0.25) is 9.78 Å². The summed E-state index contributed by atoms with van der Waals surface area (Å²) < 4.78 is 0. The molecule has 1 aromatic heterocycles. The highest BCUT2D eigenvalue weighted by molar-refractivity contribution is 5.79. The van der Waals surface area contributed by atoms with Crippen molar-refractivity contribution in [3.05, 3.63) is 54.4 Å². The maximum Gasteiger partial charge on any atom is 0.227 e. The van der Waals surface area contributed by atoms with E-state index in [0.717, 1.165) is 36.1 Å². The number of piperidine rings is 1. The van der Waals surface area contributed by atoms with Crippen LogP contribution in [0.25, 0.3) is 11.1 Å². The van der Waals surface area contributed by atoms with Crippen molar-refractivity contribution in [1.82, 2.24) is 9.88 Å². The van der Waals surface area contributed by atoms with E-state index in [0.29, 0.717) is 12.5 Å². The van der Waals surface area contributed by atoms with E-state index in [1.54, 1.807) is 6.20 Å². The molecule has 3 nitrogen and oxygen atoms in total. The molecule has 3 rings (SSSR count). The lowest BCUT2D eigenvalue weighted by Crippen LogP contribution is -2.42.